The summed E-state index contributed by atoms with van der Waals surface area (Å²) < 4.78 is 7.96. The lowest BCUT2D eigenvalue weighted by molar-refractivity contribution is -0.137. The van der Waals surface area contributed by atoms with Crippen LogP contribution in [0.3, 0.4) is 0 Å². The van der Waals surface area contributed by atoms with Crippen molar-refractivity contribution in [3.63, 3.8) is 0 Å². The number of carbonyl (C=O) groups excluding carboxylic acids is 1. The van der Waals surface area contributed by atoms with E-state index >= 15 is 0 Å². The zero-order valence-electron chi connectivity index (χ0n) is 19.4. The number of nitrogens with one attached hydrogen (secondary N) is 2. The van der Waals surface area contributed by atoms with E-state index in [0.717, 1.165) is 25.2 Å². The normalized spacial score (nSPS) is 21.6. The number of allylic oxidation sites excluding steroid dienone is 2. The van der Waals surface area contributed by atoms with E-state index in [4.69, 9.17) is 9.72 Å². The standard InChI is InChI=1S/C23H32N6O3/c1-6-11-32-23(15(5)30)17(9-8-10-24-23)21-25-19-18(7-2)29(27-20(19)22(31)26-21)16-12-28(13-16)14(3)4/h8-10,14,16,24H,6-7,11-13H2,1-5H3,(H,25,26,31)/t23-/m1/s1. The van der Waals surface area contributed by atoms with Gasteiger partial charge in [-0.15, -0.1) is 0 Å². The molecule has 2 aliphatic heterocycles. The average Bonchev–Trinajstić information content (AvgIpc) is 3.09. The van der Waals surface area contributed by atoms with Crippen molar-refractivity contribution in [3.05, 3.63) is 40.2 Å². The molecule has 2 aliphatic rings. The van der Waals surface area contributed by atoms with E-state index in [1.165, 1.54) is 6.92 Å². The predicted molar refractivity (Wildman–Crippen MR) is 123 cm³/mol. The fourth-order valence-corrected chi connectivity index (χ4v) is 4.38. The van der Waals surface area contributed by atoms with E-state index in [-0.39, 0.29) is 17.4 Å². The van der Waals surface area contributed by atoms with Crippen LogP contribution in [0.2, 0.25) is 0 Å². The van der Waals surface area contributed by atoms with Crippen LogP contribution in [0.15, 0.2) is 23.1 Å². The quantitative estimate of drug-likeness (QED) is 0.648. The Bertz CT molecular complexity index is 1140. The number of hydrogen-bond acceptors (Lipinski definition) is 7. The smallest absolute Gasteiger partial charge is 0.279 e. The maximum absolute atomic E-state index is 13.0. The minimum absolute atomic E-state index is 0.209. The second-order valence-electron chi connectivity index (χ2n) is 8.73. The highest BCUT2D eigenvalue weighted by molar-refractivity contribution is 5.99. The van der Waals surface area contributed by atoms with Crippen molar-refractivity contribution in [2.75, 3.05) is 19.7 Å². The van der Waals surface area contributed by atoms with Crippen LogP contribution in [0.4, 0.5) is 0 Å². The zero-order chi connectivity index (χ0) is 23.0. The van der Waals surface area contributed by atoms with Crippen molar-refractivity contribution in [2.24, 2.45) is 0 Å². The van der Waals surface area contributed by atoms with E-state index in [2.05, 4.69) is 34.1 Å². The van der Waals surface area contributed by atoms with Crippen LogP contribution >= 0.6 is 0 Å². The van der Waals surface area contributed by atoms with Crippen molar-refractivity contribution >= 4 is 22.4 Å². The maximum Gasteiger partial charge on any atom is 0.279 e. The van der Waals surface area contributed by atoms with Crippen LogP contribution in [0.1, 0.15) is 58.6 Å². The highest BCUT2D eigenvalue weighted by Crippen LogP contribution is 2.32. The van der Waals surface area contributed by atoms with Crippen LogP contribution in [-0.4, -0.2) is 61.9 Å². The molecule has 32 heavy (non-hydrogen) atoms. The molecule has 1 atom stereocenters. The number of likely N-dealkylation sites (tertiary alicyclic amines) is 1. The predicted octanol–water partition coefficient (Wildman–Crippen LogP) is 2.16. The Balaban J connectivity index is 1.80. The second kappa shape index (κ2) is 8.63. The molecular formula is C23H32N6O3. The molecular weight excluding hydrogens is 408 g/mol. The van der Waals surface area contributed by atoms with Crippen LogP contribution in [0, 0.1) is 0 Å². The van der Waals surface area contributed by atoms with Gasteiger partial charge in [0, 0.05) is 19.1 Å². The first-order valence-electron chi connectivity index (χ1n) is 11.4. The van der Waals surface area contributed by atoms with Crippen molar-refractivity contribution < 1.29 is 9.53 Å². The first kappa shape index (κ1) is 22.4. The molecule has 2 aromatic heterocycles. The van der Waals surface area contributed by atoms with Gasteiger partial charge in [-0.05, 0) is 52.0 Å². The number of aromatic amines is 1. The van der Waals surface area contributed by atoms with Crippen molar-refractivity contribution in [1.29, 1.82) is 0 Å². The Morgan fingerprint density at radius 1 is 1.31 bits per heavy atom. The maximum atomic E-state index is 13.0. The van der Waals surface area contributed by atoms with Gasteiger partial charge in [-0.1, -0.05) is 13.8 Å². The van der Waals surface area contributed by atoms with E-state index in [9.17, 15) is 9.59 Å². The SMILES string of the molecule is CCCO[C@@]1(C(C)=O)NC=CC=C1c1nc2c(CC)n(C3CN(C(C)C)C3)nc2c(=O)[nH]1. The number of fused-ring (bicyclic) bond motifs is 1. The Morgan fingerprint density at radius 3 is 2.69 bits per heavy atom. The van der Waals surface area contributed by atoms with Gasteiger partial charge in [0.2, 0.25) is 5.72 Å². The number of rotatable bonds is 8. The molecule has 1 saturated heterocycles. The molecule has 0 unspecified atom stereocenters. The third-order valence-corrected chi connectivity index (χ3v) is 6.25. The molecule has 0 aromatic carbocycles. The number of dihydropyridines is 1. The molecule has 2 N–H and O–H groups in total. The van der Waals surface area contributed by atoms with Crippen LogP contribution < -0.4 is 10.9 Å². The topological polar surface area (TPSA) is 105 Å². The number of Topliss-reactive ketones (excluding diaryl/α,β-unsaturated/α-hetero) is 1. The van der Waals surface area contributed by atoms with Gasteiger partial charge in [-0.2, -0.15) is 5.10 Å². The Kier molecular flexibility index (Phi) is 6.05. The molecule has 4 heterocycles. The fraction of sp³-hybridized carbons (Fsp3) is 0.565. The van der Waals surface area contributed by atoms with Gasteiger partial charge >= 0.3 is 0 Å². The minimum atomic E-state index is -1.39. The van der Waals surface area contributed by atoms with Crippen molar-refractivity contribution in [2.45, 2.75) is 65.3 Å². The summed E-state index contributed by atoms with van der Waals surface area (Å²) >= 11 is 0. The van der Waals surface area contributed by atoms with Crippen LogP contribution in [-0.2, 0) is 16.0 Å². The number of hydrogen-bond donors (Lipinski definition) is 2. The Hall–Kier alpha value is -2.78. The van der Waals surface area contributed by atoms with Gasteiger partial charge in [-0.3, -0.25) is 19.2 Å². The molecule has 172 valence electrons. The summed E-state index contributed by atoms with van der Waals surface area (Å²) in [6.07, 6.45) is 6.66. The van der Waals surface area contributed by atoms with Crippen LogP contribution in [0.25, 0.3) is 16.6 Å². The van der Waals surface area contributed by atoms with Crippen molar-refractivity contribution in [1.82, 2.24) is 30.0 Å². The summed E-state index contributed by atoms with van der Waals surface area (Å²) in [5.74, 6) is 0.108. The summed E-state index contributed by atoms with van der Waals surface area (Å²) in [4.78, 5) is 35.8. The minimum Gasteiger partial charge on any atom is -0.354 e. The van der Waals surface area contributed by atoms with E-state index in [1.54, 1.807) is 18.4 Å². The summed E-state index contributed by atoms with van der Waals surface area (Å²) in [6, 6.07) is 0.711. The third kappa shape index (κ3) is 3.59. The number of aromatic nitrogens is 4. The summed E-state index contributed by atoms with van der Waals surface area (Å²) in [5, 5.41) is 7.70. The third-order valence-electron chi connectivity index (χ3n) is 6.25. The van der Waals surface area contributed by atoms with Gasteiger partial charge in [-0.25, -0.2) is 4.98 Å². The monoisotopic (exact) mass is 440 g/mol. The number of nitrogens with zero attached hydrogens (tertiary/aromatic N) is 4. The molecule has 0 bridgehead atoms. The van der Waals surface area contributed by atoms with Gasteiger partial charge in [0.15, 0.2) is 11.3 Å². The molecule has 0 radical (unpaired) electrons. The molecule has 9 heteroatoms. The van der Waals surface area contributed by atoms with Gasteiger partial charge < -0.3 is 15.0 Å². The summed E-state index contributed by atoms with van der Waals surface area (Å²) in [6.45, 7) is 12.0. The van der Waals surface area contributed by atoms with Gasteiger partial charge in [0.05, 0.1) is 23.9 Å². The molecule has 9 nitrogen and oxygen atoms in total. The second-order valence-corrected chi connectivity index (χ2v) is 8.73. The molecule has 1 fully saturated rings. The number of ketones is 1. The first-order chi connectivity index (χ1) is 15.3. The number of aryl methyl sites for hydroxylation is 1. The molecule has 0 saturated carbocycles. The van der Waals surface area contributed by atoms with E-state index < -0.39 is 5.72 Å². The van der Waals surface area contributed by atoms with Crippen molar-refractivity contribution in [3.8, 4) is 0 Å². The lowest BCUT2D eigenvalue weighted by atomic mass is 9.95. The first-order valence-corrected chi connectivity index (χ1v) is 11.4. The number of carbonyl (C=O) groups is 1. The zero-order valence-corrected chi connectivity index (χ0v) is 19.4. The number of H-pyrrole nitrogens is 1. The molecule has 0 spiro atoms. The lowest BCUT2D eigenvalue weighted by Gasteiger charge is -2.42. The molecule has 4 rings (SSSR count). The van der Waals surface area contributed by atoms with Crippen LogP contribution in [0.5, 0.6) is 0 Å². The molecule has 0 amide bonds. The Labute approximate surface area is 187 Å². The van der Waals surface area contributed by atoms with E-state index in [0.29, 0.717) is 41.5 Å². The molecule has 2 aromatic rings. The number of ether oxygens (including phenoxy) is 1. The average molecular weight is 441 g/mol. The fourth-order valence-electron chi connectivity index (χ4n) is 4.38. The largest absolute Gasteiger partial charge is 0.354 e. The van der Waals surface area contributed by atoms with Gasteiger partial charge in [0.1, 0.15) is 11.3 Å². The molecule has 0 aliphatic carbocycles. The lowest BCUT2D eigenvalue weighted by Crippen LogP contribution is -2.53. The highest BCUT2D eigenvalue weighted by atomic mass is 16.5. The summed E-state index contributed by atoms with van der Waals surface area (Å²) in [7, 11) is 0. The Morgan fingerprint density at radius 2 is 2.06 bits per heavy atom. The van der Waals surface area contributed by atoms with E-state index in [1.807, 2.05) is 18.5 Å². The van der Waals surface area contributed by atoms with Gasteiger partial charge in [0.25, 0.3) is 5.56 Å². The highest BCUT2D eigenvalue weighted by Gasteiger charge is 2.43. The summed E-state index contributed by atoms with van der Waals surface area (Å²) in [5.41, 5.74) is 0.631.